The van der Waals surface area contributed by atoms with E-state index in [9.17, 15) is 14.9 Å². The molecule has 0 spiro atoms. The Balaban J connectivity index is 2.14. The Morgan fingerprint density at radius 3 is 2.89 bits per heavy atom. The van der Waals surface area contributed by atoms with E-state index >= 15 is 0 Å². The van der Waals surface area contributed by atoms with Crippen LogP contribution in [0.3, 0.4) is 0 Å². The lowest BCUT2D eigenvalue weighted by molar-refractivity contribution is -0.384. The first kappa shape index (κ1) is 13.8. The quantitative estimate of drug-likeness (QED) is 0.684. The van der Waals surface area contributed by atoms with Crippen LogP contribution < -0.4 is 5.32 Å². The van der Waals surface area contributed by atoms with Crippen molar-refractivity contribution in [3.8, 4) is 0 Å². The lowest BCUT2D eigenvalue weighted by Gasteiger charge is -2.13. The number of carbonyl (C=O) groups is 1. The highest BCUT2D eigenvalue weighted by Gasteiger charge is 2.22. The number of non-ortho nitro benzene ring substituents is 1. The van der Waals surface area contributed by atoms with E-state index in [1.807, 2.05) is 0 Å². The molecule has 1 unspecified atom stereocenters. The smallest absolute Gasteiger partial charge is 0.270 e. The molecule has 0 saturated carbocycles. The van der Waals surface area contributed by atoms with Crippen LogP contribution in [0.1, 0.15) is 24.8 Å². The summed E-state index contributed by atoms with van der Waals surface area (Å²) in [7, 11) is 0. The second kappa shape index (κ2) is 6.02. The third-order valence-electron chi connectivity index (χ3n) is 3.36. The number of nitrogens with zero attached hydrogens (tertiary/aromatic N) is 1. The van der Waals surface area contributed by atoms with E-state index in [0.29, 0.717) is 11.4 Å². The molecule has 6 heteroatoms. The molecule has 1 saturated heterocycles. The minimum Gasteiger partial charge on any atom is -0.356 e. The maximum atomic E-state index is 11.8. The van der Waals surface area contributed by atoms with Crippen molar-refractivity contribution in [2.75, 3.05) is 6.54 Å². The number of nitrogens with one attached hydrogen (secondary N) is 1. The average Bonchev–Trinajstić information content (AvgIpc) is 2.57. The number of benzene rings is 1. The van der Waals surface area contributed by atoms with Crippen molar-refractivity contribution in [2.24, 2.45) is 5.92 Å². The monoisotopic (exact) mass is 282 g/mol. The highest BCUT2D eigenvalue weighted by Crippen LogP contribution is 2.26. The van der Waals surface area contributed by atoms with Gasteiger partial charge < -0.3 is 5.32 Å². The van der Waals surface area contributed by atoms with Crippen LogP contribution in [-0.4, -0.2) is 17.4 Å². The summed E-state index contributed by atoms with van der Waals surface area (Å²) in [6.07, 6.45) is 3.37. The van der Waals surface area contributed by atoms with Crippen LogP contribution in [0.4, 0.5) is 5.69 Å². The van der Waals surface area contributed by atoms with Crippen LogP contribution in [0.25, 0.3) is 0 Å². The lowest BCUT2D eigenvalue weighted by Crippen LogP contribution is -2.30. The zero-order valence-electron chi connectivity index (χ0n) is 10.4. The summed E-state index contributed by atoms with van der Waals surface area (Å²) in [5.74, 6) is -0.0478. The summed E-state index contributed by atoms with van der Waals surface area (Å²) in [5.41, 5.74) is 0.758. The highest BCUT2D eigenvalue weighted by atomic mass is 35.5. The molecule has 102 valence electrons. The van der Waals surface area contributed by atoms with Crippen molar-refractivity contribution in [3.63, 3.8) is 0 Å². The van der Waals surface area contributed by atoms with Crippen molar-refractivity contribution in [2.45, 2.75) is 25.7 Å². The van der Waals surface area contributed by atoms with E-state index in [-0.39, 0.29) is 17.5 Å². The van der Waals surface area contributed by atoms with Crippen LogP contribution in [0.2, 0.25) is 5.02 Å². The first-order chi connectivity index (χ1) is 9.08. The fourth-order valence-corrected chi connectivity index (χ4v) is 2.53. The summed E-state index contributed by atoms with van der Waals surface area (Å²) in [4.78, 5) is 22.0. The van der Waals surface area contributed by atoms with Crippen LogP contribution in [0, 0.1) is 16.0 Å². The molecule has 0 aromatic heterocycles. The number of hydrogen-bond donors (Lipinski definition) is 1. The van der Waals surface area contributed by atoms with Crippen LogP contribution >= 0.6 is 11.6 Å². The molecule has 2 rings (SSSR count). The minimum atomic E-state index is -0.478. The van der Waals surface area contributed by atoms with E-state index in [1.54, 1.807) is 6.07 Å². The fourth-order valence-electron chi connectivity index (χ4n) is 2.28. The molecule has 1 heterocycles. The molecule has 1 aliphatic heterocycles. The number of nitro groups is 1. The molecule has 1 aliphatic rings. The van der Waals surface area contributed by atoms with Gasteiger partial charge in [-0.1, -0.05) is 24.1 Å². The van der Waals surface area contributed by atoms with Gasteiger partial charge in [0.15, 0.2) is 0 Å². The number of nitro benzene ring substituents is 1. The SMILES string of the molecule is O=C1NCCCCC1Cc1ccc([N+](=O)[O-])cc1Cl. The summed E-state index contributed by atoms with van der Waals surface area (Å²) < 4.78 is 0. The second-order valence-electron chi connectivity index (χ2n) is 4.72. The van der Waals surface area contributed by atoms with Crippen molar-refractivity contribution >= 4 is 23.2 Å². The Morgan fingerprint density at radius 1 is 1.42 bits per heavy atom. The molecule has 0 radical (unpaired) electrons. The van der Waals surface area contributed by atoms with Crippen molar-refractivity contribution < 1.29 is 9.72 Å². The number of hydrogen-bond acceptors (Lipinski definition) is 3. The molecule has 1 aromatic rings. The fraction of sp³-hybridized carbons (Fsp3) is 0.462. The zero-order valence-corrected chi connectivity index (χ0v) is 11.2. The third kappa shape index (κ3) is 3.44. The maximum Gasteiger partial charge on any atom is 0.270 e. The van der Waals surface area contributed by atoms with Crippen molar-refractivity contribution in [3.05, 3.63) is 38.9 Å². The zero-order chi connectivity index (χ0) is 13.8. The minimum absolute atomic E-state index is 0.0286. The van der Waals surface area contributed by atoms with Crippen molar-refractivity contribution in [1.29, 1.82) is 0 Å². The normalized spacial score (nSPS) is 19.6. The summed E-state index contributed by atoms with van der Waals surface area (Å²) in [6.45, 7) is 0.726. The summed E-state index contributed by atoms with van der Waals surface area (Å²) >= 11 is 6.05. The van der Waals surface area contributed by atoms with Crippen LogP contribution in [0.5, 0.6) is 0 Å². The first-order valence-electron chi connectivity index (χ1n) is 6.28. The van der Waals surface area contributed by atoms with Gasteiger partial charge in [-0.2, -0.15) is 0 Å². The Bertz CT molecular complexity index is 505. The molecule has 0 bridgehead atoms. The molecule has 19 heavy (non-hydrogen) atoms. The van der Waals surface area contributed by atoms with Gasteiger partial charge in [0.05, 0.1) is 9.95 Å². The Morgan fingerprint density at radius 2 is 2.21 bits per heavy atom. The maximum absolute atomic E-state index is 11.8. The summed E-state index contributed by atoms with van der Waals surface area (Å²) in [5, 5.41) is 13.9. The van der Waals surface area contributed by atoms with E-state index in [4.69, 9.17) is 11.6 Å². The molecule has 1 aromatic carbocycles. The molecule has 1 atom stereocenters. The lowest BCUT2D eigenvalue weighted by atomic mass is 9.94. The Kier molecular flexibility index (Phi) is 4.37. The van der Waals surface area contributed by atoms with E-state index in [1.165, 1.54) is 12.1 Å². The topological polar surface area (TPSA) is 72.2 Å². The van der Waals surface area contributed by atoms with Gasteiger partial charge in [-0.25, -0.2) is 0 Å². The number of halogens is 1. The third-order valence-corrected chi connectivity index (χ3v) is 3.72. The Hall–Kier alpha value is -1.62. The first-order valence-corrected chi connectivity index (χ1v) is 6.66. The molecular formula is C13H15ClN2O3. The molecule has 5 nitrogen and oxygen atoms in total. The highest BCUT2D eigenvalue weighted by molar-refractivity contribution is 6.31. The molecular weight excluding hydrogens is 268 g/mol. The molecule has 1 N–H and O–H groups in total. The van der Waals surface area contributed by atoms with Gasteiger partial charge in [0.25, 0.3) is 5.69 Å². The van der Waals surface area contributed by atoms with Gasteiger partial charge in [-0.3, -0.25) is 14.9 Å². The van der Waals surface area contributed by atoms with Gasteiger partial charge in [0, 0.05) is 24.6 Å². The number of amides is 1. The van der Waals surface area contributed by atoms with Crippen molar-refractivity contribution in [1.82, 2.24) is 5.32 Å². The standard InChI is InChI=1S/C13H15ClN2O3/c14-12-8-11(16(18)19)5-4-9(12)7-10-3-1-2-6-15-13(10)17/h4-5,8,10H,1-3,6-7H2,(H,15,17). The Labute approximate surface area is 116 Å². The summed E-state index contributed by atoms with van der Waals surface area (Å²) in [6, 6.07) is 4.40. The van der Waals surface area contributed by atoms with Gasteiger partial charge >= 0.3 is 0 Å². The predicted octanol–water partition coefficient (Wildman–Crippen LogP) is 2.71. The van der Waals surface area contributed by atoms with Gasteiger partial charge in [-0.15, -0.1) is 0 Å². The van der Waals surface area contributed by atoms with E-state index in [2.05, 4.69) is 5.32 Å². The van der Waals surface area contributed by atoms with Gasteiger partial charge in [0.2, 0.25) is 5.91 Å². The van der Waals surface area contributed by atoms with E-state index < -0.39 is 4.92 Å². The number of carbonyl (C=O) groups excluding carboxylic acids is 1. The van der Waals surface area contributed by atoms with Crippen LogP contribution in [0.15, 0.2) is 18.2 Å². The van der Waals surface area contributed by atoms with Crippen LogP contribution in [-0.2, 0) is 11.2 Å². The molecule has 1 amide bonds. The largest absolute Gasteiger partial charge is 0.356 e. The number of rotatable bonds is 3. The van der Waals surface area contributed by atoms with E-state index in [0.717, 1.165) is 31.4 Å². The predicted molar refractivity (Wildman–Crippen MR) is 72.2 cm³/mol. The van der Waals surface area contributed by atoms with Gasteiger partial charge in [0.1, 0.15) is 0 Å². The molecule has 0 aliphatic carbocycles. The average molecular weight is 283 g/mol. The van der Waals surface area contributed by atoms with Gasteiger partial charge in [-0.05, 0) is 24.8 Å². The molecule has 1 fully saturated rings. The second-order valence-corrected chi connectivity index (χ2v) is 5.13.